The molecule has 0 saturated carbocycles. The Balaban J connectivity index is 1.33. The third kappa shape index (κ3) is 2.94. The Morgan fingerprint density at radius 1 is 1.15 bits per heavy atom. The van der Waals surface area contributed by atoms with E-state index in [4.69, 9.17) is 9.47 Å². The second-order valence-corrected chi connectivity index (χ2v) is 8.52. The van der Waals surface area contributed by atoms with E-state index in [1.807, 2.05) is 23.1 Å². The molecule has 9 heteroatoms. The van der Waals surface area contributed by atoms with Crippen LogP contribution in [0.25, 0.3) is 0 Å². The molecule has 5 rings (SSSR count). The number of thioether (sulfide) groups is 1. The largest absolute Gasteiger partial charge is 0.421 e. The highest BCUT2D eigenvalue weighted by Gasteiger charge is 2.59. The van der Waals surface area contributed by atoms with Gasteiger partial charge in [0.15, 0.2) is 0 Å². The van der Waals surface area contributed by atoms with Gasteiger partial charge in [0.25, 0.3) is 0 Å². The number of piperidine rings is 1. The number of esters is 2. The predicted molar refractivity (Wildman–Crippen MR) is 97.9 cm³/mol. The van der Waals surface area contributed by atoms with E-state index in [0.29, 0.717) is 18.9 Å². The molecule has 0 amide bonds. The van der Waals surface area contributed by atoms with Crippen LogP contribution < -0.4 is 0 Å². The molecule has 7 nitrogen and oxygen atoms in total. The summed E-state index contributed by atoms with van der Waals surface area (Å²) < 4.78 is 19.7. The van der Waals surface area contributed by atoms with Gasteiger partial charge in [0, 0.05) is 31.2 Å². The highest BCUT2D eigenvalue weighted by atomic mass is 32.2. The van der Waals surface area contributed by atoms with Crippen LogP contribution >= 0.6 is 23.5 Å². The molecule has 27 heavy (non-hydrogen) atoms. The first-order valence-corrected chi connectivity index (χ1v) is 10.6. The van der Waals surface area contributed by atoms with Gasteiger partial charge in [-0.15, -0.1) is 0 Å². The lowest BCUT2D eigenvalue weighted by Crippen LogP contribution is -2.51. The Bertz CT molecular complexity index is 872. The van der Waals surface area contributed by atoms with Crippen molar-refractivity contribution in [2.75, 3.05) is 13.1 Å². The lowest BCUT2D eigenvalue weighted by atomic mass is 9.88. The molecule has 2 bridgehead atoms. The van der Waals surface area contributed by atoms with Crippen LogP contribution in [0.3, 0.4) is 0 Å². The molecule has 1 aromatic heterocycles. The van der Waals surface area contributed by atoms with Crippen molar-refractivity contribution in [1.82, 2.24) is 13.6 Å². The summed E-state index contributed by atoms with van der Waals surface area (Å²) >= 11 is 2.94. The second kappa shape index (κ2) is 6.57. The molecule has 0 N–H and O–H groups in total. The second-order valence-electron chi connectivity index (χ2n) is 7.03. The van der Waals surface area contributed by atoms with Crippen LogP contribution in [-0.2, 0) is 24.8 Å². The molecule has 4 heterocycles. The molecule has 0 aliphatic carbocycles. The van der Waals surface area contributed by atoms with Gasteiger partial charge in [-0.1, -0.05) is 42.1 Å². The number of aromatic nitrogens is 2. The van der Waals surface area contributed by atoms with Crippen molar-refractivity contribution in [3.05, 3.63) is 41.6 Å². The molecule has 3 aliphatic rings. The average Bonchev–Trinajstić information content (AvgIpc) is 3.35. The van der Waals surface area contributed by atoms with Gasteiger partial charge in [-0.05, 0) is 17.9 Å². The zero-order valence-corrected chi connectivity index (χ0v) is 16.0. The van der Waals surface area contributed by atoms with Gasteiger partial charge in [0.2, 0.25) is 0 Å². The van der Waals surface area contributed by atoms with Crippen molar-refractivity contribution in [2.45, 2.75) is 35.4 Å². The number of carbonyl (C=O) groups is 2. The van der Waals surface area contributed by atoms with E-state index >= 15 is 0 Å². The summed E-state index contributed by atoms with van der Waals surface area (Å²) in [5, 5.41) is 0.970. The lowest BCUT2D eigenvalue weighted by molar-refractivity contribution is -0.257. The average molecular weight is 403 g/mol. The van der Waals surface area contributed by atoms with Crippen molar-refractivity contribution in [3.8, 4) is 0 Å². The minimum atomic E-state index is -1.21. The number of benzene rings is 1. The van der Waals surface area contributed by atoms with Crippen molar-refractivity contribution >= 4 is 35.4 Å². The number of carbonyl (C=O) groups excluding carboxylic acids is 2. The number of hydrogen-bond donors (Lipinski definition) is 0. The summed E-state index contributed by atoms with van der Waals surface area (Å²) in [5.74, 6) is -1.55. The first-order valence-electron chi connectivity index (χ1n) is 8.85. The van der Waals surface area contributed by atoms with E-state index in [1.165, 1.54) is 17.3 Å². The normalized spacial score (nSPS) is 28.4. The van der Waals surface area contributed by atoms with Gasteiger partial charge in [-0.2, -0.15) is 8.75 Å². The molecule has 3 fully saturated rings. The fourth-order valence-corrected chi connectivity index (χ4v) is 5.87. The Labute approximate surface area is 164 Å². The standard InChI is InChI=1S/C18H17N3O4S2/c22-16-17(23)25-18(24-16)7-6-12-8-21(18)9-13(12)14-15(20-27-19-14)26-10-11-4-2-1-3-5-11/h1-5,12-13H,6-10H2. The number of rotatable bonds is 4. The van der Waals surface area contributed by atoms with Gasteiger partial charge in [0.1, 0.15) is 5.03 Å². The van der Waals surface area contributed by atoms with Crippen molar-refractivity contribution in [3.63, 3.8) is 0 Å². The fraction of sp³-hybridized carbons (Fsp3) is 0.444. The molecular formula is C18H17N3O4S2. The molecule has 3 aliphatic heterocycles. The molecular weight excluding hydrogens is 386 g/mol. The van der Waals surface area contributed by atoms with Gasteiger partial charge in [-0.25, -0.2) is 14.5 Å². The van der Waals surface area contributed by atoms with E-state index in [1.54, 1.807) is 11.8 Å². The zero-order chi connectivity index (χ0) is 18.4. The van der Waals surface area contributed by atoms with E-state index in [0.717, 1.165) is 29.4 Å². The Kier molecular flexibility index (Phi) is 4.18. The van der Waals surface area contributed by atoms with Crippen LogP contribution in [0.1, 0.15) is 30.0 Å². The number of fused-ring (bicyclic) bond motifs is 3. The summed E-state index contributed by atoms with van der Waals surface area (Å²) in [6.45, 7) is 1.38. The van der Waals surface area contributed by atoms with Crippen LogP contribution in [0.2, 0.25) is 0 Å². The third-order valence-electron chi connectivity index (χ3n) is 5.48. The maximum absolute atomic E-state index is 11.6. The Hall–Kier alpha value is -1.97. The smallest absolute Gasteiger partial charge is 0.400 e. The SMILES string of the molecule is O=C1OC2(CCC3CN2CC3c2nsnc2SCc2ccccc2)OC1=O. The topological polar surface area (TPSA) is 81.6 Å². The van der Waals surface area contributed by atoms with Gasteiger partial charge in [-0.3, -0.25) is 0 Å². The van der Waals surface area contributed by atoms with Crippen LogP contribution in [0, 0.1) is 5.92 Å². The fourth-order valence-electron chi connectivity index (χ4n) is 4.14. The molecule has 2 aromatic rings. The first-order chi connectivity index (χ1) is 13.1. The van der Waals surface area contributed by atoms with Crippen molar-refractivity contribution in [2.24, 2.45) is 5.92 Å². The van der Waals surface area contributed by atoms with E-state index in [9.17, 15) is 9.59 Å². The summed E-state index contributed by atoms with van der Waals surface area (Å²) in [7, 11) is 0. The monoisotopic (exact) mass is 403 g/mol. The number of hydrogen-bond acceptors (Lipinski definition) is 9. The highest BCUT2D eigenvalue weighted by molar-refractivity contribution is 7.98. The van der Waals surface area contributed by atoms with Crippen LogP contribution in [0.15, 0.2) is 35.4 Å². The Morgan fingerprint density at radius 2 is 1.93 bits per heavy atom. The number of ether oxygens (including phenoxy) is 2. The van der Waals surface area contributed by atoms with Gasteiger partial charge >= 0.3 is 17.8 Å². The minimum Gasteiger partial charge on any atom is -0.400 e. The van der Waals surface area contributed by atoms with Gasteiger partial charge < -0.3 is 9.47 Å². The quantitative estimate of drug-likeness (QED) is 0.437. The van der Waals surface area contributed by atoms with Crippen LogP contribution in [0.5, 0.6) is 0 Å². The summed E-state index contributed by atoms with van der Waals surface area (Å²) in [5.41, 5.74) is 2.26. The van der Waals surface area contributed by atoms with Crippen molar-refractivity contribution in [1.29, 1.82) is 0 Å². The highest BCUT2D eigenvalue weighted by Crippen LogP contribution is 2.48. The number of nitrogens with zero attached hydrogens (tertiary/aromatic N) is 3. The molecule has 1 spiro atoms. The summed E-state index contributed by atoms with van der Waals surface area (Å²) in [6, 6.07) is 10.3. The maximum Gasteiger partial charge on any atom is 0.421 e. The lowest BCUT2D eigenvalue weighted by Gasteiger charge is -2.37. The minimum absolute atomic E-state index is 0.208. The molecule has 0 radical (unpaired) electrons. The first kappa shape index (κ1) is 17.2. The van der Waals surface area contributed by atoms with Gasteiger partial charge in [0.05, 0.1) is 17.4 Å². The van der Waals surface area contributed by atoms with E-state index in [2.05, 4.69) is 20.9 Å². The van der Waals surface area contributed by atoms with E-state index < -0.39 is 17.8 Å². The zero-order valence-electron chi connectivity index (χ0n) is 14.4. The Morgan fingerprint density at radius 3 is 2.70 bits per heavy atom. The molecule has 3 unspecified atom stereocenters. The summed E-state index contributed by atoms with van der Waals surface area (Å²) in [4.78, 5) is 25.1. The summed E-state index contributed by atoms with van der Waals surface area (Å²) in [6.07, 6.45) is 1.33. The maximum atomic E-state index is 11.6. The van der Waals surface area contributed by atoms with Crippen LogP contribution in [0.4, 0.5) is 0 Å². The third-order valence-corrected chi connectivity index (χ3v) is 7.19. The van der Waals surface area contributed by atoms with Crippen LogP contribution in [-0.4, -0.2) is 44.6 Å². The predicted octanol–water partition coefficient (Wildman–Crippen LogP) is 2.39. The molecule has 1 aromatic carbocycles. The molecule has 3 atom stereocenters. The molecule has 140 valence electrons. The van der Waals surface area contributed by atoms with Crippen molar-refractivity contribution < 1.29 is 19.1 Å². The van der Waals surface area contributed by atoms with E-state index in [-0.39, 0.29) is 5.92 Å². The molecule has 3 saturated heterocycles.